The van der Waals surface area contributed by atoms with Crippen LogP contribution in [0.2, 0.25) is 0 Å². The van der Waals surface area contributed by atoms with Crippen LogP contribution in [-0.4, -0.2) is 11.1 Å². The van der Waals surface area contributed by atoms with Crippen molar-refractivity contribution < 1.29 is 27.5 Å². The van der Waals surface area contributed by atoms with Gasteiger partial charge in [-0.3, -0.25) is 0 Å². The first-order valence-corrected chi connectivity index (χ1v) is 3.42. The van der Waals surface area contributed by atoms with Gasteiger partial charge in [0.1, 0.15) is 5.82 Å². The SMILES string of the molecule is Cl.O=C(O)c1ccc(C(F)(F)F)cc1F. The molecule has 0 aliphatic rings. The van der Waals surface area contributed by atoms with E-state index >= 15 is 0 Å². The second-order valence-electron chi connectivity index (χ2n) is 2.50. The Morgan fingerprint density at radius 1 is 1.27 bits per heavy atom. The number of halogens is 5. The second kappa shape index (κ2) is 4.48. The molecule has 15 heavy (non-hydrogen) atoms. The molecule has 1 aromatic rings. The molecule has 1 N–H and O–H groups in total. The van der Waals surface area contributed by atoms with Gasteiger partial charge in [-0.15, -0.1) is 12.4 Å². The smallest absolute Gasteiger partial charge is 0.416 e. The van der Waals surface area contributed by atoms with E-state index in [2.05, 4.69) is 0 Å². The summed E-state index contributed by atoms with van der Waals surface area (Å²) in [5.41, 5.74) is -1.99. The van der Waals surface area contributed by atoms with Crippen LogP contribution in [0.5, 0.6) is 0 Å². The zero-order valence-electron chi connectivity index (χ0n) is 7.01. The molecule has 0 spiro atoms. The van der Waals surface area contributed by atoms with E-state index in [0.717, 1.165) is 0 Å². The average molecular weight is 245 g/mol. The molecule has 0 heterocycles. The zero-order valence-corrected chi connectivity index (χ0v) is 7.82. The molecule has 0 unspecified atom stereocenters. The number of hydrogen-bond acceptors (Lipinski definition) is 1. The van der Waals surface area contributed by atoms with Gasteiger partial charge in [-0.05, 0) is 18.2 Å². The van der Waals surface area contributed by atoms with Crippen LogP contribution in [0.4, 0.5) is 17.6 Å². The van der Waals surface area contributed by atoms with Crippen molar-refractivity contribution in [1.29, 1.82) is 0 Å². The molecule has 0 aliphatic heterocycles. The minimum absolute atomic E-state index is 0. The van der Waals surface area contributed by atoms with Gasteiger partial charge in [0.05, 0.1) is 11.1 Å². The number of carboxylic acids is 1. The highest BCUT2D eigenvalue weighted by molar-refractivity contribution is 5.87. The fraction of sp³-hybridized carbons (Fsp3) is 0.125. The Labute approximate surface area is 87.9 Å². The molecular formula is C8H5ClF4O2. The van der Waals surface area contributed by atoms with Crippen LogP contribution >= 0.6 is 12.4 Å². The lowest BCUT2D eigenvalue weighted by Gasteiger charge is -2.06. The molecule has 7 heteroatoms. The highest BCUT2D eigenvalue weighted by Gasteiger charge is 2.31. The van der Waals surface area contributed by atoms with E-state index in [1.807, 2.05) is 0 Å². The summed E-state index contributed by atoms with van der Waals surface area (Å²) in [6.45, 7) is 0. The zero-order chi connectivity index (χ0) is 10.9. The first-order chi connectivity index (χ1) is 6.32. The molecule has 1 rings (SSSR count). The molecule has 0 bridgehead atoms. The van der Waals surface area contributed by atoms with Gasteiger partial charge in [-0.25, -0.2) is 9.18 Å². The fourth-order valence-electron chi connectivity index (χ4n) is 0.865. The Kier molecular flexibility index (Phi) is 4.09. The van der Waals surface area contributed by atoms with Gasteiger partial charge in [0.25, 0.3) is 0 Å². The highest BCUT2D eigenvalue weighted by atomic mass is 35.5. The quantitative estimate of drug-likeness (QED) is 0.771. The Morgan fingerprint density at radius 3 is 2.13 bits per heavy atom. The van der Waals surface area contributed by atoms with E-state index < -0.39 is 29.1 Å². The van der Waals surface area contributed by atoms with Crippen LogP contribution in [0.3, 0.4) is 0 Å². The number of aromatic carboxylic acids is 1. The number of carbonyl (C=O) groups is 1. The summed E-state index contributed by atoms with van der Waals surface area (Å²) < 4.78 is 48.7. The van der Waals surface area contributed by atoms with Gasteiger partial charge in [-0.1, -0.05) is 0 Å². The third-order valence-corrected chi connectivity index (χ3v) is 1.53. The minimum Gasteiger partial charge on any atom is -0.478 e. The lowest BCUT2D eigenvalue weighted by atomic mass is 10.1. The van der Waals surface area contributed by atoms with Crippen molar-refractivity contribution in [2.45, 2.75) is 6.18 Å². The predicted octanol–water partition coefficient (Wildman–Crippen LogP) is 2.96. The molecule has 1 aromatic carbocycles. The summed E-state index contributed by atoms with van der Waals surface area (Å²) in [4.78, 5) is 10.3. The predicted molar refractivity (Wildman–Crippen MR) is 45.6 cm³/mol. The first kappa shape index (κ1) is 13.7. The maximum atomic E-state index is 12.8. The van der Waals surface area contributed by atoms with Gasteiger partial charge in [0.15, 0.2) is 0 Å². The molecule has 84 valence electrons. The van der Waals surface area contributed by atoms with Crippen molar-refractivity contribution in [3.63, 3.8) is 0 Å². The van der Waals surface area contributed by atoms with E-state index in [9.17, 15) is 22.4 Å². The van der Waals surface area contributed by atoms with Crippen molar-refractivity contribution in [3.8, 4) is 0 Å². The lowest BCUT2D eigenvalue weighted by molar-refractivity contribution is -0.137. The number of carboxylic acid groups (broad SMARTS) is 1. The van der Waals surface area contributed by atoms with Crippen molar-refractivity contribution in [2.75, 3.05) is 0 Å². The monoisotopic (exact) mass is 244 g/mol. The molecule has 0 radical (unpaired) electrons. The summed E-state index contributed by atoms with van der Waals surface area (Å²) in [6, 6.07) is 1.26. The largest absolute Gasteiger partial charge is 0.478 e. The van der Waals surface area contributed by atoms with Crippen LogP contribution in [0, 0.1) is 5.82 Å². The maximum absolute atomic E-state index is 12.8. The first-order valence-electron chi connectivity index (χ1n) is 3.42. The van der Waals surface area contributed by atoms with Gasteiger partial charge in [0, 0.05) is 0 Å². The Balaban J connectivity index is 0.00000196. The molecule has 0 amide bonds. The molecule has 0 aliphatic carbocycles. The third-order valence-electron chi connectivity index (χ3n) is 1.53. The van der Waals surface area contributed by atoms with E-state index in [-0.39, 0.29) is 18.5 Å². The normalized spacial score (nSPS) is 10.7. The fourth-order valence-corrected chi connectivity index (χ4v) is 0.865. The average Bonchev–Trinajstić information content (AvgIpc) is 2.01. The second-order valence-corrected chi connectivity index (χ2v) is 2.50. The Hall–Kier alpha value is -1.30. The molecule has 0 aromatic heterocycles. The van der Waals surface area contributed by atoms with Crippen LogP contribution in [0.1, 0.15) is 15.9 Å². The third kappa shape index (κ3) is 3.09. The van der Waals surface area contributed by atoms with E-state index in [1.165, 1.54) is 0 Å². The Bertz CT molecular complexity index is 375. The summed E-state index contributed by atoms with van der Waals surface area (Å²) in [5, 5.41) is 8.34. The molecule has 0 saturated heterocycles. The van der Waals surface area contributed by atoms with Gasteiger partial charge < -0.3 is 5.11 Å². The van der Waals surface area contributed by atoms with Crippen molar-refractivity contribution in [2.24, 2.45) is 0 Å². The molecule has 0 saturated carbocycles. The van der Waals surface area contributed by atoms with Crippen LogP contribution in [0.15, 0.2) is 18.2 Å². The standard InChI is InChI=1S/C8H4F4O2.ClH/c9-6-3-4(8(10,11)12)1-2-5(6)7(13)14;/h1-3H,(H,13,14);1H. The lowest BCUT2D eigenvalue weighted by Crippen LogP contribution is -2.08. The van der Waals surface area contributed by atoms with Crippen molar-refractivity contribution >= 4 is 18.4 Å². The van der Waals surface area contributed by atoms with Crippen molar-refractivity contribution in [3.05, 3.63) is 35.1 Å². The number of alkyl halides is 3. The number of hydrogen-bond donors (Lipinski definition) is 1. The molecule has 0 fully saturated rings. The molecular weight excluding hydrogens is 240 g/mol. The Morgan fingerprint density at radius 2 is 1.80 bits per heavy atom. The molecule has 0 atom stereocenters. The van der Waals surface area contributed by atoms with Crippen LogP contribution < -0.4 is 0 Å². The van der Waals surface area contributed by atoms with Gasteiger partial charge in [-0.2, -0.15) is 13.2 Å². The van der Waals surface area contributed by atoms with Crippen LogP contribution in [0.25, 0.3) is 0 Å². The summed E-state index contributed by atoms with van der Waals surface area (Å²) in [6.07, 6.45) is -4.67. The minimum atomic E-state index is -4.67. The van der Waals surface area contributed by atoms with Crippen molar-refractivity contribution in [1.82, 2.24) is 0 Å². The number of benzene rings is 1. The maximum Gasteiger partial charge on any atom is 0.416 e. The number of rotatable bonds is 1. The summed E-state index contributed by atoms with van der Waals surface area (Å²) >= 11 is 0. The summed E-state index contributed by atoms with van der Waals surface area (Å²) in [7, 11) is 0. The molecule has 2 nitrogen and oxygen atoms in total. The van der Waals surface area contributed by atoms with Gasteiger partial charge in [0.2, 0.25) is 0 Å². The highest BCUT2D eigenvalue weighted by Crippen LogP contribution is 2.30. The van der Waals surface area contributed by atoms with Crippen LogP contribution in [-0.2, 0) is 6.18 Å². The van der Waals surface area contributed by atoms with E-state index in [1.54, 1.807) is 0 Å². The topological polar surface area (TPSA) is 37.3 Å². The van der Waals surface area contributed by atoms with Gasteiger partial charge >= 0.3 is 12.1 Å². The van der Waals surface area contributed by atoms with E-state index in [0.29, 0.717) is 12.1 Å². The van der Waals surface area contributed by atoms with E-state index in [4.69, 9.17) is 5.11 Å². The summed E-state index contributed by atoms with van der Waals surface area (Å²) in [5.74, 6) is -3.00.